The van der Waals surface area contributed by atoms with Crippen LogP contribution in [0.5, 0.6) is 0 Å². The Hall–Kier alpha value is -2.66. The molecule has 0 saturated heterocycles. The second-order valence-corrected chi connectivity index (χ2v) is 7.10. The van der Waals surface area contributed by atoms with E-state index in [-0.39, 0.29) is 0 Å². The zero-order chi connectivity index (χ0) is 17.2. The van der Waals surface area contributed by atoms with Crippen molar-refractivity contribution in [3.8, 4) is 21.6 Å². The molecular weight excluding hydrogens is 328 g/mol. The Morgan fingerprint density at radius 2 is 2.04 bits per heavy atom. The molecule has 1 aromatic carbocycles. The van der Waals surface area contributed by atoms with Crippen molar-refractivity contribution < 1.29 is 0 Å². The van der Waals surface area contributed by atoms with Crippen LogP contribution in [0, 0.1) is 6.92 Å². The Bertz CT molecular complexity index is 1020. The van der Waals surface area contributed by atoms with Crippen molar-refractivity contribution in [2.45, 2.75) is 20.3 Å². The Morgan fingerprint density at radius 1 is 1.16 bits per heavy atom. The Kier molecular flexibility index (Phi) is 4.24. The molecule has 4 aromatic rings. The first-order valence-corrected chi connectivity index (χ1v) is 9.30. The van der Waals surface area contributed by atoms with E-state index in [1.807, 2.05) is 18.6 Å². The molecule has 0 fully saturated rings. The second-order valence-electron chi connectivity index (χ2n) is 6.07. The smallest absolute Gasteiger partial charge is 0.183 e. The van der Waals surface area contributed by atoms with E-state index in [1.54, 1.807) is 11.3 Å². The van der Waals surface area contributed by atoms with Crippen molar-refractivity contribution in [2.75, 3.05) is 11.9 Å². The summed E-state index contributed by atoms with van der Waals surface area (Å²) in [6, 6.07) is 10.7. The number of aryl methyl sites for hydroxylation is 1. The molecule has 5 heteroatoms. The number of hydrogen-bond donors (Lipinski definition) is 1. The lowest BCUT2D eigenvalue weighted by Gasteiger charge is -2.10. The highest BCUT2D eigenvalue weighted by Crippen LogP contribution is 2.34. The third-order valence-electron chi connectivity index (χ3n) is 4.24. The van der Waals surface area contributed by atoms with Crippen LogP contribution in [-0.2, 0) is 0 Å². The van der Waals surface area contributed by atoms with Crippen molar-refractivity contribution >= 4 is 22.1 Å². The van der Waals surface area contributed by atoms with Crippen LogP contribution in [0.2, 0.25) is 0 Å². The number of anilines is 1. The van der Waals surface area contributed by atoms with Crippen LogP contribution in [-0.4, -0.2) is 20.9 Å². The van der Waals surface area contributed by atoms with Crippen LogP contribution in [0.15, 0.2) is 55.1 Å². The highest BCUT2D eigenvalue weighted by Gasteiger charge is 2.12. The number of hydrogen-bond acceptors (Lipinski definition) is 4. The quantitative estimate of drug-likeness (QED) is 0.535. The number of benzene rings is 1. The molecule has 126 valence electrons. The van der Waals surface area contributed by atoms with E-state index in [1.165, 1.54) is 11.1 Å². The van der Waals surface area contributed by atoms with E-state index in [0.29, 0.717) is 0 Å². The molecule has 1 N–H and O–H groups in total. The minimum absolute atomic E-state index is 0.946. The number of nitrogens with one attached hydrogen (secondary N) is 1. The molecule has 0 bridgehead atoms. The predicted molar refractivity (Wildman–Crippen MR) is 105 cm³/mol. The summed E-state index contributed by atoms with van der Waals surface area (Å²) in [5, 5.41) is 4.33. The van der Waals surface area contributed by atoms with E-state index >= 15 is 0 Å². The van der Waals surface area contributed by atoms with Gasteiger partial charge in [-0.3, -0.25) is 0 Å². The number of fused-ring (bicyclic) bond motifs is 1. The molecular formula is C20H20N4S. The number of rotatable bonds is 5. The van der Waals surface area contributed by atoms with Crippen molar-refractivity contribution in [3.05, 3.63) is 60.7 Å². The van der Waals surface area contributed by atoms with Gasteiger partial charge in [0.2, 0.25) is 0 Å². The Balaban J connectivity index is 1.83. The summed E-state index contributed by atoms with van der Waals surface area (Å²) in [6.45, 7) is 5.24. The summed E-state index contributed by atoms with van der Waals surface area (Å²) >= 11 is 1.69. The zero-order valence-corrected chi connectivity index (χ0v) is 15.2. The molecule has 0 unspecified atom stereocenters. The van der Waals surface area contributed by atoms with Crippen LogP contribution in [0.4, 0.5) is 5.13 Å². The molecule has 3 heterocycles. The highest BCUT2D eigenvalue weighted by molar-refractivity contribution is 7.18. The first-order chi connectivity index (χ1) is 12.3. The lowest BCUT2D eigenvalue weighted by Crippen LogP contribution is -1.97. The first-order valence-electron chi connectivity index (χ1n) is 8.49. The van der Waals surface area contributed by atoms with Gasteiger partial charge < -0.3 is 9.72 Å². The third kappa shape index (κ3) is 3.03. The van der Waals surface area contributed by atoms with Crippen molar-refractivity contribution in [1.29, 1.82) is 0 Å². The van der Waals surface area contributed by atoms with Crippen molar-refractivity contribution in [2.24, 2.45) is 0 Å². The molecule has 3 aromatic heterocycles. The summed E-state index contributed by atoms with van der Waals surface area (Å²) in [5.41, 5.74) is 5.75. The molecule has 4 rings (SSSR count). The van der Waals surface area contributed by atoms with Gasteiger partial charge in [0.15, 0.2) is 5.13 Å². The Labute approximate surface area is 151 Å². The average molecular weight is 348 g/mol. The van der Waals surface area contributed by atoms with Gasteiger partial charge in [0.1, 0.15) is 5.65 Å². The van der Waals surface area contributed by atoms with Crippen LogP contribution in [0.25, 0.3) is 27.2 Å². The normalized spacial score (nSPS) is 11.1. The molecule has 4 nitrogen and oxygen atoms in total. The largest absolute Gasteiger partial charge is 0.362 e. The van der Waals surface area contributed by atoms with E-state index in [2.05, 4.69) is 70.1 Å². The van der Waals surface area contributed by atoms with Crippen molar-refractivity contribution in [3.63, 3.8) is 0 Å². The molecule has 25 heavy (non-hydrogen) atoms. The lowest BCUT2D eigenvalue weighted by atomic mass is 10.00. The van der Waals surface area contributed by atoms with Crippen LogP contribution < -0.4 is 5.32 Å². The Morgan fingerprint density at radius 3 is 2.88 bits per heavy atom. The summed E-state index contributed by atoms with van der Waals surface area (Å²) < 4.78 is 2.09. The summed E-state index contributed by atoms with van der Waals surface area (Å²) in [5.74, 6) is 0. The van der Waals surface area contributed by atoms with E-state index in [4.69, 9.17) is 0 Å². The molecule has 0 aliphatic heterocycles. The second kappa shape index (κ2) is 6.69. The fourth-order valence-corrected chi connectivity index (χ4v) is 3.79. The molecule has 0 amide bonds. The fourth-order valence-electron chi connectivity index (χ4n) is 2.96. The first kappa shape index (κ1) is 15.8. The number of nitrogens with zero attached hydrogens (tertiary/aromatic N) is 3. The van der Waals surface area contributed by atoms with Gasteiger partial charge in [-0.1, -0.05) is 42.5 Å². The SMILES string of the molecule is CCCNc1ncc(-c2cc(-c3ccccc3C)c3nccn3c2)s1. The standard InChI is InChI=1S/C20H20N4S/c1-3-8-22-20-23-12-18(25-20)15-11-17(16-7-5-4-6-14(16)2)19-21-9-10-24(19)13-15/h4-7,9-13H,3,8H2,1-2H3,(H,22,23). The average Bonchev–Trinajstić information content (AvgIpc) is 3.28. The van der Waals surface area contributed by atoms with E-state index in [9.17, 15) is 0 Å². The maximum absolute atomic E-state index is 4.56. The minimum atomic E-state index is 0.946. The van der Waals surface area contributed by atoms with Gasteiger partial charge in [-0.25, -0.2) is 9.97 Å². The predicted octanol–water partition coefficient (Wildman–Crippen LogP) is 5.26. The van der Waals surface area contributed by atoms with Gasteiger partial charge >= 0.3 is 0 Å². The summed E-state index contributed by atoms with van der Waals surface area (Å²) in [6.07, 6.45) is 9.01. The van der Waals surface area contributed by atoms with Gasteiger partial charge in [-0.05, 0) is 30.5 Å². The molecule has 0 aliphatic rings. The maximum atomic E-state index is 4.56. The fraction of sp³-hybridized carbons (Fsp3) is 0.200. The van der Waals surface area contributed by atoms with Crippen LogP contribution in [0.1, 0.15) is 18.9 Å². The molecule has 0 saturated carbocycles. The van der Waals surface area contributed by atoms with Gasteiger partial charge in [-0.2, -0.15) is 0 Å². The highest BCUT2D eigenvalue weighted by atomic mass is 32.1. The number of imidazole rings is 1. The molecule has 0 spiro atoms. The van der Waals surface area contributed by atoms with Gasteiger partial charge in [0.05, 0.1) is 4.88 Å². The van der Waals surface area contributed by atoms with Crippen LogP contribution >= 0.6 is 11.3 Å². The molecule has 0 aliphatic carbocycles. The number of thiazole rings is 1. The van der Waals surface area contributed by atoms with Gasteiger partial charge in [0, 0.05) is 42.5 Å². The summed E-state index contributed by atoms with van der Waals surface area (Å²) in [4.78, 5) is 10.2. The minimum Gasteiger partial charge on any atom is -0.362 e. The van der Waals surface area contributed by atoms with E-state index < -0.39 is 0 Å². The van der Waals surface area contributed by atoms with E-state index in [0.717, 1.165) is 39.7 Å². The third-order valence-corrected chi connectivity index (χ3v) is 5.24. The van der Waals surface area contributed by atoms with Crippen molar-refractivity contribution in [1.82, 2.24) is 14.4 Å². The van der Waals surface area contributed by atoms with Gasteiger partial charge in [-0.15, -0.1) is 0 Å². The topological polar surface area (TPSA) is 42.2 Å². The van der Waals surface area contributed by atoms with Crippen LogP contribution in [0.3, 0.4) is 0 Å². The lowest BCUT2D eigenvalue weighted by molar-refractivity contribution is 0.976. The monoisotopic (exact) mass is 348 g/mol. The maximum Gasteiger partial charge on any atom is 0.183 e. The number of aromatic nitrogens is 3. The number of pyridine rings is 1. The van der Waals surface area contributed by atoms with Gasteiger partial charge in [0.25, 0.3) is 0 Å². The summed E-state index contributed by atoms with van der Waals surface area (Å²) in [7, 11) is 0. The zero-order valence-electron chi connectivity index (χ0n) is 14.4. The molecule has 0 radical (unpaired) electrons. The molecule has 0 atom stereocenters.